The average molecular weight is 1070 g/mol. The van der Waals surface area contributed by atoms with E-state index in [1.807, 2.05) is 83.1 Å². The SMILES string of the molecule is C.C.C.C.C=C1N=C(C(C)C)NO1.CC(C)C1=NSNC1O.CC(C)c1cc(=O)[nH]o1.CC(C)c1cc(=O)[nH]s1.CC(C)c1cocc(O)c1=O.CC(C)c1ncn[nH]1.CNC(=O)C(C)C.CNC(=O)C(C)C. The van der Waals surface area contributed by atoms with Gasteiger partial charge in [0.2, 0.25) is 23.1 Å². The number of carbonyl (C=O) groups excluding carboxylic acids is 2. The lowest BCUT2D eigenvalue weighted by Crippen LogP contribution is -2.29. The molecule has 0 saturated heterocycles. The van der Waals surface area contributed by atoms with Crippen molar-refractivity contribution in [3.05, 3.63) is 96.4 Å². The second-order valence-electron chi connectivity index (χ2n) is 17.3. The molecule has 422 valence electrons. The number of aromatic nitrogens is 5. The molecule has 0 saturated carbocycles. The molecule has 4 aromatic heterocycles. The van der Waals surface area contributed by atoms with E-state index >= 15 is 0 Å². The van der Waals surface area contributed by atoms with Crippen LogP contribution in [0.1, 0.15) is 186 Å². The first-order valence-electron chi connectivity index (χ1n) is 22.4. The molecule has 2 aliphatic heterocycles. The number of carbonyl (C=O) groups is 2. The maximum Gasteiger partial charge on any atom is 0.280 e. The van der Waals surface area contributed by atoms with E-state index in [1.54, 1.807) is 20.2 Å². The van der Waals surface area contributed by atoms with Crippen molar-refractivity contribution in [2.45, 2.75) is 170 Å². The predicted molar refractivity (Wildman–Crippen MR) is 303 cm³/mol. The van der Waals surface area contributed by atoms with Crippen LogP contribution in [0.4, 0.5) is 0 Å². The van der Waals surface area contributed by atoms with Gasteiger partial charge in [0.05, 0.1) is 24.1 Å². The highest BCUT2D eigenvalue weighted by Crippen LogP contribution is 2.16. The Morgan fingerprint density at radius 3 is 1.49 bits per heavy atom. The molecule has 0 spiro atoms. The summed E-state index contributed by atoms with van der Waals surface area (Å²) in [6.07, 6.45) is 3.39. The summed E-state index contributed by atoms with van der Waals surface area (Å²) in [4.78, 5) is 66.7. The Bertz CT molecular complexity index is 2190. The molecule has 23 heteroatoms. The highest BCUT2D eigenvalue weighted by molar-refractivity contribution is 7.96. The highest BCUT2D eigenvalue weighted by Gasteiger charge is 2.20. The lowest BCUT2D eigenvalue weighted by Gasteiger charge is -2.06. The zero-order valence-electron chi connectivity index (χ0n) is 43.6. The Balaban J connectivity index is -0.000000175. The fourth-order valence-corrected chi connectivity index (χ4v) is 5.63. The summed E-state index contributed by atoms with van der Waals surface area (Å²) in [5.74, 6) is 5.05. The number of amides is 2. The Kier molecular flexibility index (Phi) is 46.0. The number of hydroxylamine groups is 1. The number of aliphatic hydroxyl groups excluding tert-OH is 1. The number of amidine groups is 1. The minimum absolute atomic E-state index is 0. The average Bonchev–Trinajstić information content (AvgIpc) is 4.15. The van der Waals surface area contributed by atoms with E-state index in [-0.39, 0.29) is 87.5 Å². The summed E-state index contributed by atoms with van der Waals surface area (Å²) in [5.41, 5.74) is 3.50. The van der Waals surface area contributed by atoms with Crippen molar-refractivity contribution in [2.24, 2.45) is 33.1 Å². The van der Waals surface area contributed by atoms with Crippen molar-refractivity contribution < 1.29 is 33.6 Å². The third kappa shape index (κ3) is 35.1. The first-order chi connectivity index (χ1) is 32.1. The molecule has 4 aromatic rings. The number of hydrogen-bond donors (Lipinski definition) is 9. The molecule has 0 radical (unpaired) electrons. The van der Waals surface area contributed by atoms with Crippen LogP contribution in [-0.2, 0) is 14.4 Å². The van der Waals surface area contributed by atoms with Crippen LogP contribution in [0, 0.1) is 23.7 Å². The number of H-pyrrole nitrogens is 3. The molecular formula is C50H95N11O10S2. The van der Waals surface area contributed by atoms with Gasteiger partial charge < -0.3 is 34.6 Å². The first kappa shape index (κ1) is 78.6. The zero-order chi connectivity index (χ0) is 53.6. The number of aliphatic hydroxyl groups is 1. The van der Waals surface area contributed by atoms with Crippen LogP contribution < -0.4 is 37.4 Å². The normalized spacial score (nSPS) is 12.5. The van der Waals surface area contributed by atoms with E-state index in [0.717, 1.165) is 28.5 Å². The van der Waals surface area contributed by atoms with Crippen LogP contribution in [0.3, 0.4) is 0 Å². The first-order valence-corrected chi connectivity index (χ1v) is 24.0. The monoisotopic (exact) mass is 1070 g/mol. The molecule has 1 atom stereocenters. The molecular weight excluding hydrogens is 979 g/mol. The molecule has 0 aliphatic carbocycles. The molecule has 6 heterocycles. The van der Waals surface area contributed by atoms with Crippen LogP contribution >= 0.6 is 23.7 Å². The standard InChI is InChI=1S/C8H10O3.C6H10N2O.C6H9NO2.C6H9NOS.C5H9N3.C5H10N2OS.2C5H11NO.4CH4/c1-5(2)6-3-11-4-7(9)8(6)10;1-4(2)6-7-5(3)9-8-6;2*1-4(2)5-3-6(8)7-9-5;1-4(2)5-6-3-7-8-5;1-3(2)4-5(8)7-9-6-4;2*1-4(2)5(7)6-3;;;;/h3-5,9H,1-2H3;4H,3H2,1-2H3,(H,7,8);2*3-4H,1-2H3,(H,7,8);3-4H,1-2H3,(H,6,7,8);3,5,7-8H,1-2H3;2*4H,1-3H3,(H,6,7);4*1H4. The zero-order valence-corrected chi connectivity index (χ0v) is 45.2. The van der Waals surface area contributed by atoms with Gasteiger partial charge in [0.25, 0.3) is 11.1 Å². The van der Waals surface area contributed by atoms with Gasteiger partial charge >= 0.3 is 0 Å². The largest absolute Gasteiger partial charge is 0.502 e. The maximum atomic E-state index is 11.1. The summed E-state index contributed by atoms with van der Waals surface area (Å²) in [7, 11) is 3.28. The molecule has 0 fully saturated rings. The van der Waals surface area contributed by atoms with E-state index in [2.05, 4.69) is 89.2 Å². The lowest BCUT2D eigenvalue weighted by molar-refractivity contribution is -0.124. The van der Waals surface area contributed by atoms with Crippen LogP contribution in [0.5, 0.6) is 5.75 Å². The van der Waals surface area contributed by atoms with Gasteiger partial charge in [-0.2, -0.15) is 15.2 Å². The summed E-state index contributed by atoms with van der Waals surface area (Å²) in [6.45, 7) is 35.0. The minimum atomic E-state index is -0.532. The fraction of sp³-hybridized carbons (Fsp3) is 0.620. The quantitative estimate of drug-likeness (QED) is 0.0741. The molecule has 6 rings (SSSR count). The second-order valence-corrected chi connectivity index (χ2v) is 18.8. The van der Waals surface area contributed by atoms with E-state index in [9.17, 15) is 24.0 Å². The topological polar surface area (TPSA) is 307 Å². The van der Waals surface area contributed by atoms with Crippen LogP contribution in [0.15, 0.2) is 76.2 Å². The molecule has 21 nitrogen and oxygen atoms in total. The summed E-state index contributed by atoms with van der Waals surface area (Å²) in [6, 6.07) is 3.11. The third-order valence-corrected chi connectivity index (χ3v) is 10.2. The fourth-order valence-electron chi connectivity index (χ4n) is 4.26. The molecule has 0 aromatic carbocycles. The predicted octanol–water partition coefficient (Wildman–Crippen LogP) is 9.98. The number of rotatable bonds is 8. The van der Waals surface area contributed by atoms with Crippen molar-refractivity contribution >= 4 is 47.0 Å². The third-order valence-electron chi connectivity index (χ3n) is 8.49. The maximum absolute atomic E-state index is 11.1. The Hall–Kier alpha value is -5.78. The van der Waals surface area contributed by atoms with Gasteiger partial charge in [0.15, 0.2) is 12.0 Å². The smallest absolute Gasteiger partial charge is 0.280 e. The van der Waals surface area contributed by atoms with E-state index in [0.29, 0.717) is 40.9 Å². The van der Waals surface area contributed by atoms with E-state index < -0.39 is 6.23 Å². The van der Waals surface area contributed by atoms with Gasteiger partial charge in [-0.15, -0.1) is 0 Å². The van der Waals surface area contributed by atoms with Gasteiger partial charge in [0, 0.05) is 66.3 Å². The van der Waals surface area contributed by atoms with Crippen LogP contribution in [0.2, 0.25) is 0 Å². The number of aliphatic imine (C=N–C) groups is 1. The molecule has 0 bridgehead atoms. The molecule has 2 aliphatic rings. The van der Waals surface area contributed by atoms with Crippen LogP contribution in [0.25, 0.3) is 0 Å². The highest BCUT2D eigenvalue weighted by atomic mass is 32.2. The van der Waals surface area contributed by atoms with Crippen molar-refractivity contribution in [1.29, 1.82) is 0 Å². The number of aromatic hydroxyl groups is 1. The summed E-state index contributed by atoms with van der Waals surface area (Å²) in [5, 5.41) is 31.8. The number of hydrogen-bond acceptors (Lipinski definition) is 18. The second kappa shape index (κ2) is 42.7. The van der Waals surface area contributed by atoms with E-state index in [1.165, 1.54) is 42.3 Å². The molecule has 2 amide bonds. The Morgan fingerprint density at radius 2 is 1.29 bits per heavy atom. The summed E-state index contributed by atoms with van der Waals surface area (Å²) >= 11 is 2.63. The number of nitrogens with one attached hydrogen (secondary N) is 7. The molecule has 9 N–H and O–H groups in total. The molecule has 1 unspecified atom stereocenters. The van der Waals surface area contributed by atoms with Crippen molar-refractivity contribution in [3.8, 4) is 5.75 Å². The van der Waals surface area contributed by atoms with Gasteiger partial charge in [-0.25, -0.2) is 19.6 Å². The summed E-state index contributed by atoms with van der Waals surface area (Å²) < 4.78 is 18.9. The van der Waals surface area contributed by atoms with Gasteiger partial charge in [-0.3, -0.25) is 33.4 Å². The lowest BCUT2D eigenvalue weighted by atomic mass is 10.1. The van der Waals surface area contributed by atoms with Crippen molar-refractivity contribution in [2.75, 3.05) is 14.1 Å². The minimum Gasteiger partial charge on any atom is -0.502 e. The van der Waals surface area contributed by atoms with Gasteiger partial charge in [0.1, 0.15) is 30.0 Å². The van der Waals surface area contributed by atoms with Gasteiger partial charge in [-0.05, 0) is 24.3 Å². The van der Waals surface area contributed by atoms with Gasteiger partial charge in [-0.1, -0.05) is 152 Å². The molecule has 73 heavy (non-hydrogen) atoms. The Labute approximate surface area is 444 Å². The van der Waals surface area contributed by atoms with Crippen molar-refractivity contribution in [3.63, 3.8) is 0 Å². The number of aromatic amines is 3. The number of nitrogens with zero attached hydrogens (tertiary/aromatic N) is 4. The van der Waals surface area contributed by atoms with E-state index in [4.69, 9.17) is 24.0 Å². The van der Waals surface area contributed by atoms with Crippen molar-refractivity contribution in [1.82, 2.24) is 45.5 Å². The Morgan fingerprint density at radius 1 is 0.740 bits per heavy atom. The van der Waals surface area contributed by atoms with Crippen LogP contribution in [-0.4, -0.2) is 78.6 Å².